The van der Waals surface area contributed by atoms with Crippen molar-refractivity contribution in [2.75, 3.05) is 26.4 Å². The maximum absolute atomic E-state index is 5.75. The standard InChI is InChI=1S/C11H19NO2S/c12-10(15)5-11(2-3-11)8-14-7-9-1-4-13-6-9/h9H,1-8H2,(H2,12,15). The van der Waals surface area contributed by atoms with E-state index in [4.69, 9.17) is 27.4 Å². The Hall–Kier alpha value is -0.190. The molecule has 1 atom stereocenters. The lowest BCUT2D eigenvalue weighted by Crippen LogP contribution is -2.21. The summed E-state index contributed by atoms with van der Waals surface area (Å²) in [5.41, 5.74) is 5.87. The van der Waals surface area contributed by atoms with E-state index in [-0.39, 0.29) is 0 Å². The zero-order chi connectivity index (χ0) is 10.7. The van der Waals surface area contributed by atoms with Gasteiger partial charge in [-0.1, -0.05) is 12.2 Å². The largest absolute Gasteiger partial charge is 0.393 e. The lowest BCUT2D eigenvalue weighted by atomic mass is 10.0. The van der Waals surface area contributed by atoms with Crippen LogP contribution >= 0.6 is 12.2 Å². The first kappa shape index (κ1) is 11.3. The number of thiocarbonyl (C=S) groups is 1. The van der Waals surface area contributed by atoms with Crippen LogP contribution in [0.5, 0.6) is 0 Å². The summed E-state index contributed by atoms with van der Waals surface area (Å²) >= 11 is 4.94. The minimum absolute atomic E-state index is 0.297. The van der Waals surface area contributed by atoms with Crippen LogP contribution in [0.15, 0.2) is 0 Å². The van der Waals surface area contributed by atoms with Gasteiger partial charge in [0.15, 0.2) is 0 Å². The van der Waals surface area contributed by atoms with Crippen LogP contribution in [0, 0.1) is 11.3 Å². The minimum Gasteiger partial charge on any atom is -0.393 e. The Morgan fingerprint density at radius 1 is 1.53 bits per heavy atom. The molecule has 15 heavy (non-hydrogen) atoms. The van der Waals surface area contributed by atoms with Crippen LogP contribution in [0.2, 0.25) is 0 Å². The summed E-state index contributed by atoms with van der Waals surface area (Å²) in [6.45, 7) is 3.41. The summed E-state index contributed by atoms with van der Waals surface area (Å²) in [5.74, 6) is 0.602. The summed E-state index contributed by atoms with van der Waals surface area (Å²) in [4.78, 5) is 0.625. The van der Waals surface area contributed by atoms with Crippen LogP contribution in [-0.4, -0.2) is 31.4 Å². The van der Waals surface area contributed by atoms with Crippen LogP contribution in [0.25, 0.3) is 0 Å². The van der Waals surface area contributed by atoms with Crippen LogP contribution in [0.4, 0.5) is 0 Å². The van der Waals surface area contributed by atoms with Crippen LogP contribution < -0.4 is 5.73 Å². The first-order chi connectivity index (χ1) is 7.20. The van der Waals surface area contributed by atoms with E-state index in [1.807, 2.05) is 0 Å². The predicted octanol–water partition coefficient (Wildman–Crippen LogP) is 1.50. The average molecular weight is 229 g/mol. The zero-order valence-corrected chi connectivity index (χ0v) is 9.85. The van der Waals surface area contributed by atoms with Gasteiger partial charge in [-0.3, -0.25) is 0 Å². The van der Waals surface area contributed by atoms with Gasteiger partial charge in [0.25, 0.3) is 0 Å². The molecule has 0 radical (unpaired) electrons. The van der Waals surface area contributed by atoms with Gasteiger partial charge in [-0.05, 0) is 19.3 Å². The van der Waals surface area contributed by atoms with Gasteiger partial charge in [-0.2, -0.15) is 0 Å². The molecule has 0 spiro atoms. The molecule has 0 bridgehead atoms. The first-order valence-electron chi connectivity index (χ1n) is 5.64. The fourth-order valence-corrected chi connectivity index (χ4v) is 2.38. The third-order valence-corrected chi connectivity index (χ3v) is 3.44. The third-order valence-electron chi connectivity index (χ3n) is 3.29. The van der Waals surface area contributed by atoms with E-state index < -0.39 is 0 Å². The van der Waals surface area contributed by atoms with E-state index in [0.29, 0.717) is 16.3 Å². The normalized spacial score (nSPS) is 27.9. The number of nitrogens with two attached hydrogens (primary N) is 1. The molecule has 2 fully saturated rings. The van der Waals surface area contributed by atoms with Crippen LogP contribution in [0.3, 0.4) is 0 Å². The van der Waals surface area contributed by atoms with E-state index in [9.17, 15) is 0 Å². The molecule has 0 aromatic carbocycles. The van der Waals surface area contributed by atoms with Crippen molar-refractivity contribution in [2.24, 2.45) is 17.1 Å². The smallest absolute Gasteiger partial charge is 0.0733 e. The van der Waals surface area contributed by atoms with Crippen molar-refractivity contribution in [1.82, 2.24) is 0 Å². The number of ether oxygens (including phenoxy) is 2. The third kappa shape index (κ3) is 3.40. The second-order valence-corrected chi connectivity index (χ2v) is 5.41. The predicted molar refractivity (Wildman–Crippen MR) is 62.8 cm³/mol. The molecule has 4 heteroatoms. The Bertz CT molecular complexity index is 235. The molecule has 0 aromatic heterocycles. The fraction of sp³-hybridized carbons (Fsp3) is 0.909. The second-order valence-electron chi connectivity index (χ2n) is 4.89. The Morgan fingerprint density at radius 2 is 2.33 bits per heavy atom. The highest BCUT2D eigenvalue weighted by atomic mass is 32.1. The number of rotatable bonds is 6. The average Bonchev–Trinajstić information content (AvgIpc) is 2.74. The monoisotopic (exact) mass is 229 g/mol. The van der Waals surface area contributed by atoms with Crippen molar-refractivity contribution in [2.45, 2.75) is 25.7 Å². The van der Waals surface area contributed by atoms with Gasteiger partial charge in [-0.15, -0.1) is 0 Å². The van der Waals surface area contributed by atoms with E-state index in [1.165, 1.54) is 12.8 Å². The van der Waals surface area contributed by atoms with E-state index in [2.05, 4.69) is 0 Å². The van der Waals surface area contributed by atoms with Gasteiger partial charge in [0, 0.05) is 24.4 Å². The highest BCUT2D eigenvalue weighted by Crippen LogP contribution is 2.49. The quantitative estimate of drug-likeness (QED) is 0.701. The maximum atomic E-state index is 5.75. The van der Waals surface area contributed by atoms with Crippen molar-refractivity contribution in [3.8, 4) is 0 Å². The Labute approximate surface area is 96.3 Å². The molecule has 0 amide bonds. The van der Waals surface area contributed by atoms with Gasteiger partial charge in [0.1, 0.15) is 0 Å². The number of hydrogen-bond donors (Lipinski definition) is 1. The molecule has 1 aliphatic carbocycles. The van der Waals surface area contributed by atoms with Crippen LogP contribution in [-0.2, 0) is 9.47 Å². The van der Waals surface area contributed by atoms with Crippen molar-refractivity contribution in [3.63, 3.8) is 0 Å². The molecule has 1 saturated heterocycles. The molecule has 1 unspecified atom stereocenters. The van der Waals surface area contributed by atoms with Gasteiger partial charge >= 0.3 is 0 Å². The summed E-state index contributed by atoms with van der Waals surface area (Å²) in [6, 6.07) is 0. The molecular weight excluding hydrogens is 210 g/mol. The summed E-state index contributed by atoms with van der Waals surface area (Å²) in [5, 5.41) is 0. The molecule has 1 saturated carbocycles. The van der Waals surface area contributed by atoms with Crippen LogP contribution in [0.1, 0.15) is 25.7 Å². The van der Waals surface area contributed by atoms with Crippen molar-refractivity contribution < 1.29 is 9.47 Å². The lowest BCUT2D eigenvalue weighted by Gasteiger charge is -2.16. The lowest BCUT2D eigenvalue weighted by molar-refractivity contribution is 0.0603. The SMILES string of the molecule is NC(=S)CC1(COCC2CCOC2)CC1. The van der Waals surface area contributed by atoms with Crippen molar-refractivity contribution in [3.05, 3.63) is 0 Å². The molecule has 86 valence electrons. The van der Waals surface area contributed by atoms with Gasteiger partial charge in [0.05, 0.1) is 24.8 Å². The highest BCUT2D eigenvalue weighted by molar-refractivity contribution is 7.80. The zero-order valence-electron chi connectivity index (χ0n) is 9.04. The molecule has 2 N–H and O–H groups in total. The molecule has 2 rings (SSSR count). The highest BCUT2D eigenvalue weighted by Gasteiger charge is 2.43. The summed E-state index contributed by atoms with van der Waals surface area (Å²) < 4.78 is 11.0. The Balaban J connectivity index is 1.62. The molecule has 3 nitrogen and oxygen atoms in total. The topological polar surface area (TPSA) is 44.5 Å². The van der Waals surface area contributed by atoms with Crippen molar-refractivity contribution in [1.29, 1.82) is 0 Å². The maximum Gasteiger partial charge on any atom is 0.0733 e. The molecular formula is C11H19NO2S. The summed E-state index contributed by atoms with van der Waals surface area (Å²) in [6.07, 6.45) is 4.42. The molecule has 2 aliphatic rings. The first-order valence-corrected chi connectivity index (χ1v) is 6.05. The van der Waals surface area contributed by atoms with Crippen molar-refractivity contribution >= 4 is 17.2 Å². The van der Waals surface area contributed by atoms with E-state index in [0.717, 1.165) is 39.3 Å². The fourth-order valence-electron chi connectivity index (χ4n) is 2.08. The Morgan fingerprint density at radius 3 is 2.87 bits per heavy atom. The van der Waals surface area contributed by atoms with E-state index in [1.54, 1.807) is 0 Å². The van der Waals surface area contributed by atoms with Gasteiger partial charge in [-0.25, -0.2) is 0 Å². The Kier molecular flexibility index (Phi) is 3.59. The van der Waals surface area contributed by atoms with E-state index >= 15 is 0 Å². The molecule has 1 aliphatic heterocycles. The van der Waals surface area contributed by atoms with Gasteiger partial charge < -0.3 is 15.2 Å². The molecule has 1 heterocycles. The second kappa shape index (κ2) is 4.76. The summed E-state index contributed by atoms with van der Waals surface area (Å²) in [7, 11) is 0. The van der Waals surface area contributed by atoms with Gasteiger partial charge in [0.2, 0.25) is 0 Å². The minimum atomic E-state index is 0.297. The number of hydrogen-bond acceptors (Lipinski definition) is 3. The molecule has 0 aromatic rings.